The summed E-state index contributed by atoms with van der Waals surface area (Å²) in [4.78, 5) is 33.1. The zero-order valence-corrected chi connectivity index (χ0v) is 11.7. The van der Waals surface area contributed by atoms with Crippen molar-refractivity contribution in [2.75, 3.05) is 5.32 Å². The maximum absolute atomic E-state index is 12.1. The molecule has 1 amide bonds. The zero-order valence-electron chi connectivity index (χ0n) is 10.9. The minimum atomic E-state index is -1.08. The van der Waals surface area contributed by atoms with Gasteiger partial charge in [-0.25, -0.2) is 4.79 Å². The van der Waals surface area contributed by atoms with Gasteiger partial charge in [0.2, 0.25) is 0 Å². The summed E-state index contributed by atoms with van der Waals surface area (Å²) in [5.74, 6) is -1.60. The van der Waals surface area contributed by atoms with Crippen molar-refractivity contribution in [3.8, 4) is 0 Å². The molecule has 2 rings (SSSR count). The molecule has 0 fully saturated rings. The number of carbonyl (C=O) groups excluding carboxylic acids is 1. The van der Waals surface area contributed by atoms with Gasteiger partial charge in [0.15, 0.2) is 0 Å². The first kappa shape index (κ1) is 14.7. The molecule has 0 aliphatic carbocycles. The predicted molar refractivity (Wildman–Crippen MR) is 76.0 cm³/mol. The fourth-order valence-electron chi connectivity index (χ4n) is 1.74. The van der Waals surface area contributed by atoms with Crippen LogP contribution in [0.25, 0.3) is 0 Å². The van der Waals surface area contributed by atoms with Crippen LogP contribution in [-0.2, 0) is 6.54 Å². The van der Waals surface area contributed by atoms with E-state index >= 15 is 0 Å². The van der Waals surface area contributed by atoms with Gasteiger partial charge >= 0.3 is 5.97 Å². The van der Waals surface area contributed by atoms with Gasteiger partial charge in [-0.15, -0.1) is 11.3 Å². The topological polar surface area (TPSA) is 114 Å². The molecule has 2 aromatic rings. The van der Waals surface area contributed by atoms with Crippen LogP contribution in [0.5, 0.6) is 0 Å². The summed E-state index contributed by atoms with van der Waals surface area (Å²) >= 11 is 0.916. The van der Waals surface area contributed by atoms with Crippen molar-refractivity contribution in [1.82, 2.24) is 4.57 Å². The maximum Gasteiger partial charge on any atom is 0.345 e. The number of rotatable bonds is 5. The minimum absolute atomic E-state index is 0.0992. The first-order chi connectivity index (χ1) is 9.92. The molecule has 2 N–H and O–H groups in total. The second-order valence-corrected chi connectivity index (χ2v) is 5.13. The molecule has 0 atom stereocenters. The van der Waals surface area contributed by atoms with Gasteiger partial charge in [-0.1, -0.05) is 0 Å². The van der Waals surface area contributed by atoms with Crippen molar-refractivity contribution in [1.29, 1.82) is 0 Å². The Morgan fingerprint density at radius 3 is 2.71 bits per heavy atom. The van der Waals surface area contributed by atoms with Crippen molar-refractivity contribution in [2.24, 2.45) is 0 Å². The molecule has 0 spiro atoms. The number of aromatic nitrogens is 1. The fraction of sp³-hybridized carbons (Fsp3) is 0.167. The summed E-state index contributed by atoms with van der Waals surface area (Å²) < 4.78 is 1.46. The molecule has 0 saturated heterocycles. The van der Waals surface area contributed by atoms with E-state index in [1.165, 1.54) is 29.0 Å². The van der Waals surface area contributed by atoms with Crippen LogP contribution in [0.3, 0.4) is 0 Å². The van der Waals surface area contributed by atoms with E-state index in [-0.39, 0.29) is 16.3 Å². The molecule has 9 heteroatoms. The number of hydrogen-bond acceptors (Lipinski definition) is 5. The number of carboxylic acids is 1. The minimum Gasteiger partial charge on any atom is -0.477 e. The van der Waals surface area contributed by atoms with E-state index in [0.717, 1.165) is 11.3 Å². The SMILES string of the molecule is CCn1cc([N+](=O)[O-])cc1C(=O)Nc1ccc(C(=O)O)s1. The molecule has 2 aromatic heterocycles. The number of aryl methyl sites for hydroxylation is 1. The van der Waals surface area contributed by atoms with Gasteiger partial charge in [0, 0.05) is 12.6 Å². The van der Waals surface area contributed by atoms with Gasteiger partial charge in [-0.2, -0.15) is 0 Å². The molecule has 0 bridgehead atoms. The Morgan fingerprint density at radius 1 is 1.48 bits per heavy atom. The molecular formula is C12H11N3O5S. The molecule has 21 heavy (non-hydrogen) atoms. The highest BCUT2D eigenvalue weighted by molar-refractivity contribution is 7.18. The Hall–Kier alpha value is -2.68. The number of amides is 1. The van der Waals surface area contributed by atoms with Gasteiger partial charge in [-0.3, -0.25) is 14.9 Å². The van der Waals surface area contributed by atoms with Gasteiger partial charge in [0.25, 0.3) is 11.6 Å². The summed E-state index contributed by atoms with van der Waals surface area (Å²) in [5, 5.41) is 22.5. The normalized spacial score (nSPS) is 10.3. The number of nitrogens with zero attached hydrogens (tertiary/aromatic N) is 2. The van der Waals surface area contributed by atoms with Crippen molar-refractivity contribution in [3.05, 3.63) is 45.1 Å². The maximum atomic E-state index is 12.1. The largest absolute Gasteiger partial charge is 0.477 e. The summed E-state index contributed by atoms with van der Waals surface area (Å²) in [6.07, 6.45) is 1.28. The number of hydrogen-bond donors (Lipinski definition) is 2. The van der Waals surface area contributed by atoms with Gasteiger partial charge in [0.1, 0.15) is 10.6 Å². The number of anilines is 1. The number of nitrogens with one attached hydrogen (secondary N) is 1. The lowest BCUT2D eigenvalue weighted by Crippen LogP contribution is -2.15. The van der Waals surface area contributed by atoms with Crippen LogP contribution in [0, 0.1) is 10.1 Å². The van der Waals surface area contributed by atoms with Crippen molar-refractivity contribution in [3.63, 3.8) is 0 Å². The van der Waals surface area contributed by atoms with E-state index in [2.05, 4.69) is 5.32 Å². The van der Waals surface area contributed by atoms with Crippen LogP contribution in [-0.4, -0.2) is 26.5 Å². The molecule has 0 aliphatic rings. The third-order valence-corrected chi connectivity index (χ3v) is 3.71. The number of carboxylic acid groups (broad SMARTS) is 1. The summed E-state index contributed by atoms with van der Waals surface area (Å²) in [5.41, 5.74) is -0.0196. The van der Waals surface area contributed by atoms with Crippen LogP contribution >= 0.6 is 11.3 Å². The van der Waals surface area contributed by atoms with Crippen LogP contribution in [0.4, 0.5) is 10.7 Å². The second kappa shape index (κ2) is 5.75. The van der Waals surface area contributed by atoms with Crippen molar-refractivity contribution >= 4 is 33.9 Å². The van der Waals surface area contributed by atoms with Gasteiger partial charge in [0.05, 0.1) is 16.1 Å². The molecule has 110 valence electrons. The van der Waals surface area contributed by atoms with Crippen LogP contribution in [0.1, 0.15) is 27.1 Å². The number of carbonyl (C=O) groups is 2. The van der Waals surface area contributed by atoms with Crippen LogP contribution in [0.2, 0.25) is 0 Å². The molecule has 0 unspecified atom stereocenters. The van der Waals surface area contributed by atoms with Crippen molar-refractivity contribution < 1.29 is 19.6 Å². The molecule has 0 aromatic carbocycles. The highest BCUT2D eigenvalue weighted by Crippen LogP contribution is 2.23. The van der Waals surface area contributed by atoms with Crippen LogP contribution in [0.15, 0.2) is 24.4 Å². The van der Waals surface area contributed by atoms with E-state index in [4.69, 9.17) is 5.11 Å². The average molecular weight is 309 g/mol. The Balaban J connectivity index is 2.23. The monoisotopic (exact) mass is 309 g/mol. The third kappa shape index (κ3) is 3.08. The van der Waals surface area contributed by atoms with Gasteiger partial charge < -0.3 is 15.0 Å². The third-order valence-electron chi connectivity index (χ3n) is 2.72. The lowest BCUT2D eigenvalue weighted by Gasteiger charge is -2.05. The second-order valence-electron chi connectivity index (χ2n) is 4.05. The summed E-state index contributed by atoms with van der Waals surface area (Å²) in [7, 11) is 0. The van der Waals surface area contributed by atoms with Crippen molar-refractivity contribution in [2.45, 2.75) is 13.5 Å². The van der Waals surface area contributed by atoms with E-state index in [9.17, 15) is 19.7 Å². The number of thiophene rings is 1. The van der Waals surface area contributed by atoms with E-state index in [1.54, 1.807) is 6.92 Å². The fourth-order valence-corrected chi connectivity index (χ4v) is 2.48. The van der Waals surface area contributed by atoms with E-state index in [1.807, 2.05) is 0 Å². The number of nitro groups is 1. The standard InChI is InChI=1S/C12H11N3O5S/c1-2-14-6-7(15(19)20)5-8(14)11(16)13-10-4-3-9(21-10)12(17)18/h3-6H,2H2,1H3,(H,13,16)(H,17,18). The first-order valence-corrected chi connectivity index (χ1v) is 6.73. The smallest absolute Gasteiger partial charge is 0.345 e. The predicted octanol–water partition coefficient (Wildman–Crippen LogP) is 2.43. The molecule has 0 aliphatic heterocycles. The van der Waals surface area contributed by atoms with Crippen LogP contribution < -0.4 is 5.32 Å². The Labute approximate surface area is 122 Å². The first-order valence-electron chi connectivity index (χ1n) is 5.91. The summed E-state index contributed by atoms with van der Waals surface area (Å²) in [6, 6.07) is 4.04. The molecular weight excluding hydrogens is 298 g/mol. The number of aromatic carboxylic acids is 1. The summed E-state index contributed by atoms with van der Waals surface area (Å²) in [6.45, 7) is 2.16. The Morgan fingerprint density at radius 2 is 2.19 bits per heavy atom. The average Bonchev–Trinajstić information content (AvgIpc) is 3.04. The Bertz CT molecular complexity index is 718. The zero-order chi connectivity index (χ0) is 15.6. The molecule has 2 heterocycles. The molecule has 0 radical (unpaired) electrons. The highest BCUT2D eigenvalue weighted by Gasteiger charge is 2.19. The quantitative estimate of drug-likeness (QED) is 0.650. The Kier molecular flexibility index (Phi) is 4.03. The lowest BCUT2D eigenvalue weighted by atomic mass is 10.3. The molecule has 0 saturated carbocycles. The van der Waals surface area contributed by atoms with Gasteiger partial charge in [-0.05, 0) is 19.1 Å². The molecule has 8 nitrogen and oxygen atoms in total. The lowest BCUT2D eigenvalue weighted by molar-refractivity contribution is -0.384. The van der Waals surface area contributed by atoms with E-state index in [0.29, 0.717) is 11.5 Å². The highest BCUT2D eigenvalue weighted by atomic mass is 32.1. The van der Waals surface area contributed by atoms with E-state index < -0.39 is 16.8 Å².